The van der Waals surface area contributed by atoms with Crippen molar-refractivity contribution in [3.05, 3.63) is 29.8 Å². The summed E-state index contributed by atoms with van der Waals surface area (Å²) in [7, 11) is 0. The maximum absolute atomic E-state index is 5.67. The predicted octanol–water partition coefficient (Wildman–Crippen LogP) is 2.43. The summed E-state index contributed by atoms with van der Waals surface area (Å²) in [4.78, 5) is 2.81. The number of benzene rings is 1. The Morgan fingerprint density at radius 2 is 1.83 bits per heavy atom. The van der Waals surface area contributed by atoms with Gasteiger partial charge in [-0.15, -0.1) is 0 Å². The molecule has 2 N–H and O–H groups in total. The molecular formula is C14H22N2OS. The van der Waals surface area contributed by atoms with Gasteiger partial charge in [-0.1, -0.05) is 26.1 Å². The second kappa shape index (κ2) is 8.06. The maximum atomic E-state index is 5.67. The molecule has 3 nitrogen and oxygen atoms in total. The zero-order valence-electron chi connectivity index (χ0n) is 11.2. The van der Waals surface area contributed by atoms with Crippen LogP contribution in [-0.2, 0) is 0 Å². The normalized spacial score (nSPS) is 10.6. The molecule has 4 heteroatoms. The summed E-state index contributed by atoms with van der Waals surface area (Å²) in [5, 5.41) is 0. The summed E-state index contributed by atoms with van der Waals surface area (Å²) in [6, 6.07) is 7.60. The minimum Gasteiger partial charge on any atom is -0.494 e. The highest BCUT2D eigenvalue weighted by molar-refractivity contribution is 7.80. The van der Waals surface area contributed by atoms with Crippen molar-refractivity contribution in [1.29, 1.82) is 0 Å². The Hall–Kier alpha value is -1.13. The van der Waals surface area contributed by atoms with Gasteiger partial charge < -0.3 is 15.4 Å². The number of ether oxygens (including phenoxy) is 1. The van der Waals surface area contributed by atoms with Crippen LogP contribution in [0.2, 0.25) is 0 Å². The van der Waals surface area contributed by atoms with Crippen molar-refractivity contribution in [2.24, 2.45) is 5.73 Å². The number of nitrogens with two attached hydrogens (primary N) is 1. The van der Waals surface area contributed by atoms with Gasteiger partial charge in [0.25, 0.3) is 0 Å². The van der Waals surface area contributed by atoms with Crippen molar-refractivity contribution in [3.63, 3.8) is 0 Å². The van der Waals surface area contributed by atoms with E-state index in [1.807, 2.05) is 24.3 Å². The maximum Gasteiger partial charge on any atom is 0.119 e. The van der Waals surface area contributed by atoms with Crippen molar-refractivity contribution in [2.75, 3.05) is 26.2 Å². The SMILES string of the molecule is CCN(CC)CCCOc1ccc(C(N)=S)cc1. The lowest BCUT2D eigenvalue weighted by Gasteiger charge is -2.17. The van der Waals surface area contributed by atoms with Crippen LogP contribution in [0.25, 0.3) is 0 Å². The van der Waals surface area contributed by atoms with E-state index in [9.17, 15) is 0 Å². The van der Waals surface area contributed by atoms with Gasteiger partial charge in [-0.3, -0.25) is 0 Å². The average Bonchev–Trinajstić information content (AvgIpc) is 2.39. The predicted molar refractivity (Wildman–Crippen MR) is 80.2 cm³/mol. The van der Waals surface area contributed by atoms with Crippen molar-refractivity contribution in [3.8, 4) is 5.75 Å². The van der Waals surface area contributed by atoms with Crippen LogP contribution >= 0.6 is 12.2 Å². The molecule has 0 radical (unpaired) electrons. The van der Waals surface area contributed by atoms with Gasteiger partial charge in [-0.25, -0.2) is 0 Å². The first kappa shape index (κ1) is 14.9. The molecule has 0 unspecified atom stereocenters. The van der Waals surface area contributed by atoms with E-state index in [2.05, 4.69) is 18.7 Å². The lowest BCUT2D eigenvalue weighted by molar-refractivity contribution is 0.249. The molecule has 0 aliphatic rings. The molecule has 1 rings (SSSR count). The molecule has 0 spiro atoms. The monoisotopic (exact) mass is 266 g/mol. The van der Waals surface area contributed by atoms with Crippen molar-refractivity contribution >= 4 is 17.2 Å². The van der Waals surface area contributed by atoms with Gasteiger partial charge in [0.1, 0.15) is 10.7 Å². The van der Waals surface area contributed by atoms with Crippen LogP contribution in [0, 0.1) is 0 Å². The Morgan fingerprint density at radius 3 is 2.33 bits per heavy atom. The van der Waals surface area contributed by atoms with Crippen LogP contribution in [0.4, 0.5) is 0 Å². The molecule has 0 aliphatic heterocycles. The van der Waals surface area contributed by atoms with Crippen LogP contribution in [0.3, 0.4) is 0 Å². The highest BCUT2D eigenvalue weighted by Crippen LogP contribution is 2.12. The fourth-order valence-corrected chi connectivity index (χ4v) is 1.87. The van der Waals surface area contributed by atoms with E-state index >= 15 is 0 Å². The van der Waals surface area contributed by atoms with Crippen molar-refractivity contribution in [2.45, 2.75) is 20.3 Å². The lowest BCUT2D eigenvalue weighted by atomic mass is 10.2. The van der Waals surface area contributed by atoms with Gasteiger partial charge in [-0.2, -0.15) is 0 Å². The lowest BCUT2D eigenvalue weighted by Crippen LogP contribution is -2.25. The van der Waals surface area contributed by atoms with Gasteiger partial charge in [0.2, 0.25) is 0 Å². The molecule has 0 heterocycles. The first-order valence-corrected chi connectivity index (χ1v) is 6.83. The Labute approximate surface area is 115 Å². The molecule has 18 heavy (non-hydrogen) atoms. The van der Waals surface area contributed by atoms with Crippen LogP contribution < -0.4 is 10.5 Å². The van der Waals surface area contributed by atoms with Gasteiger partial charge in [-0.05, 0) is 43.8 Å². The van der Waals surface area contributed by atoms with E-state index in [1.54, 1.807) is 0 Å². The molecular weight excluding hydrogens is 244 g/mol. The minimum absolute atomic E-state index is 0.420. The topological polar surface area (TPSA) is 38.5 Å². The first-order valence-electron chi connectivity index (χ1n) is 6.42. The molecule has 0 fully saturated rings. The molecule has 100 valence electrons. The number of hydrogen-bond donors (Lipinski definition) is 1. The summed E-state index contributed by atoms with van der Waals surface area (Å²) >= 11 is 4.90. The number of hydrogen-bond acceptors (Lipinski definition) is 3. The van der Waals surface area contributed by atoms with Gasteiger partial charge in [0, 0.05) is 12.1 Å². The zero-order valence-corrected chi connectivity index (χ0v) is 12.0. The van der Waals surface area contributed by atoms with Crippen molar-refractivity contribution < 1.29 is 4.74 Å². The van der Waals surface area contributed by atoms with Gasteiger partial charge in [0.05, 0.1) is 6.61 Å². The summed E-state index contributed by atoms with van der Waals surface area (Å²) in [6.45, 7) is 8.37. The Kier molecular flexibility index (Phi) is 6.68. The Bertz CT molecular complexity index is 361. The Balaban J connectivity index is 2.29. The first-order chi connectivity index (χ1) is 8.67. The highest BCUT2D eigenvalue weighted by atomic mass is 32.1. The third-order valence-corrected chi connectivity index (χ3v) is 3.16. The molecule has 0 aromatic heterocycles. The summed E-state index contributed by atoms with van der Waals surface area (Å²) in [5.41, 5.74) is 6.41. The molecule has 0 amide bonds. The van der Waals surface area contributed by atoms with E-state index in [-0.39, 0.29) is 0 Å². The molecule has 0 bridgehead atoms. The fourth-order valence-electron chi connectivity index (χ4n) is 1.73. The van der Waals surface area contributed by atoms with E-state index in [0.717, 1.165) is 44.0 Å². The largest absolute Gasteiger partial charge is 0.494 e. The van der Waals surface area contributed by atoms with Gasteiger partial charge >= 0.3 is 0 Å². The number of nitrogens with zero attached hydrogens (tertiary/aromatic N) is 1. The third kappa shape index (κ3) is 5.02. The van der Waals surface area contributed by atoms with Crippen LogP contribution in [0.5, 0.6) is 5.75 Å². The van der Waals surface area contributed by atoms with E-state index in [4.69, 9.17) is 22.7 Å². The molecule has 1 aromatic carbocycles. The molecule has 0 atom stereocenters. The zero-order chi connectivity index (χ0) is 13.4. The number of rotatable bonds is 8. The van der Waals surface area contributed by atoms with E-state index in [1.165, 1.54) is 0 Å². The molecule has 0 saturated heterocycles. The van der Waals surface area contributed by atoms with Crippen LogP contribution in [0.1, 0.15) is 25.8 Å². The van der Waals surface area contributed by atoms with Crippen LogP contribution in [-0.4, -0.2) is 36.1 Å². The number of thiocarbonyl (C=S) groups is 1. The molecule has 0 saturated carbocycles. The van der Waals surface area contributed by atoms with E-state index < -0.39 is 0 Å². The molecule has 0 aliphatic carbocycles. The summed E-state index contributed by atoms with van der Waals surface area (Å²) < 4.78 is 5.67. The molecule has 1 aromatic rings. The summed E-state index contributed by atoms with van der Waals surface area (Å²) in [5.74, 6) is 0.870. The third-order valence-electron chi connectivity index (χ3n) is 2.92. The van der Waals surface area contributed by atoms with Crippen molar-refractivity contribution in [1.82, 2.24) is 4.90 Å². The van der Waals surface area contributed by atoms with Crippen LogP contribution in [0.15, 0.2) is 24.3 Å². The minimum atomic E-state index is 0.420. The van der Waals surface area contributed by atoms with E-state index in [0.29, 0.717) is 4.99 Å². The average molecular weight is 266 g/mol. The second-order valence-electron chi connectivity index (χ2n) is 4.12. The fraction of sp³-hybridized carbons (Fsp3) is 0.500. The summed E-state index contributed by atoms with van der Waals surface area (Å²) in [6.07, 6.45) is 1.04. The quantitative estimate of drug-likeness (QED) is 0.579. The Morgan fingerprint density at radius 1 is 1.22 bits per heavy atom. The van der Waals surface area contributed by atoms with Gasteiger partial charge in [0.15, 0.2) is 0 Å². The second-order valence-corrected chi connectivity index (χ2v) is 4.56. The smallest absolute Gasteiger partial charge is 0.119 e. The standard InChI is InChI=1S/C14H22N2OS/c1-3-16(4-2)10-5-11-17-13-8-6-12(7-9-13)14(15)18/h6-9H,3-5,10-11H2,1-2H3,(H2,15,18). The highest BCUT2D eigenvalue weighted by Gasteiger charge is 2.00.